The largest absolute Gasteiger partial charge is 0.433 e. The Balaban J connectivity index is 1.90. The topological polar surface area (TPSA) is 70.6 Å². The van der Waals surface area contributed by atoms with Gasteiger partial charge < -0.3 is 19.9 Å². The van der Waals surface area contributed by atoms with Gasteiger partial charge in [0.15, 0.2) is 0 Å². The molecule has 2 heterocycles. The number of anilines is 1. The molecule has 2 amide bonds. The number of piperazine rings is 1. The molecule has 0 aromatic carbocycles. The summed E-state index contributed by atoms with van der Waals surface area (Å²) in [5.74, 6) is 0.0271. The lowest BCUT2D eigenvalue weighted by Gasteiger charge is -2.34. The first-order valence-electron chi connectivity index (χ1n) is 7.08. The van der Waals surface area contributed by atoms with Crippen molar-refractivity contribution in [1.82, 2.24) is 20.2 Å². The lowest BCUT2D eigenvalue weighted by molar-refractivity contribution is -0.141. The third-order valence-electron chi connectivity index (χ3n) is 3.37. The van der Waals surface area contributed by atoms with Gasteiger partial charge in [-0.25, -0.2) is 14.8 Å². The van der Waals surface area contributed by atoms with E-state index in [1.165, 1.54) is 0 Å². The van der Waals surface area contributed by atoms with E-state index in [1.807, 2.05) is 0 Å². The van der Waals surface area contributed by atoms with Crippen LogP contribution in [0.3, 0.4) is 0 Å². The van der Waals surface area contributed by atoms with Gasteiger partial charge in [0.1, 0.15) is 5.69 Å². The Kier molecular flexibility index (Phi) is 5.59. The van der Waals surface area contributed by atoms with Crippen molar-refractivity contribution in [3.05, 3.63) is 18.0 Å². The minimum Gasteiger partial charge on any atom is -0.383 e. The number of rotatable bonds is 4. The van der Waals surface area contributed by atoms with Crippen LogP contribution in [0.4, 0.5) is 23.9 Å². The Morgan fingerprint density at radius 3 is 2.65 bits per heavy atom. The summed E-state index contributed by atoms with van der Waals surface area (Å²) in [7, 11) is 1.54. The quantitative estimate of drug-likeness (QED) is 0.832. The average molecular weight is 333 g/mol. The fraction of sp³-hybridized carbons (Fsp3) is 0.615. The number of urea groups is 1. The molecule has 1 aliphatic heterocycles. The molecule has 10 heteroatoms. The van der Waals surface area contributed by atoms with E-state index in [2.05, 4.69) is 15.3 Å². The zero-order chi connectivity index (χ0) is 16.9. The molecule has 0 atom stereocenters. The van der Waals surface area contributed by atoms with Gasteiger partial charge in [-0.3, -0.25) is 0 Å². The molecule has 0 aliphatic carbocycles. The number of carbonyl (C=O) groups excluding carboxylic acids is 1. The normalized spacial score (nSPS) is 15.7. The SMILES string of the molecule is COCCNC(=O)N1CCN(c2nccc(C(F)(F)F)n2)CC1. The number of methoxy groups -OCH3 is 1. The first-order valence-corrected chi connectivity index (χ1v) is 7.08. The zero-order valence-electron chi connectivity index (χ0n) is 12.6. The van der Waals surface area contributed by atoms with Crippen molar-refractivity contribution in [3.8, 4) is 0 Å². The van der Waals surface area contributed by atoms with E-state index in [4.69, 9.17) is 4.74 Å². The average Bonchev–Trinajstić information content (AvgIpc) is 2.54. The number of aromatic nitrogens is 2. The second-order valence-electron chi connectivity index (χ2n) is 4.94. The van der Waals surface area contributed by atoms with Crippen LogP contribution in [0.15, 0.2) is 12.3 Å². The van der Waals surface area contributed by atoms with Gasteiger partial charge in [-0.1, -0.05) is 0 Å². The highest BCUT2D eigenvalue weighted by Crippen LogP contribution is 2.28. The molecule has 23 heavy (non-hydrogen) atoms. The molecular formula is C13H18F3N5O2. The standard InChI is InChI=1S/C13H18F3N5O2/c1-23-9-4-18-12(22)21-7-5-20(6-8-21)11-17-3-2-10(19-11)13(14,15)16/h2-3H,4-9H2,1H3,(H,18,22). The lowest BCUT2D eigenvalue weighted by atomic mass is 10.3. The van der Waals surface area contributed by atoms with Crippen LogP contribution in [0.1, 0.15) is 5.69 Å². The van der Waals surface area contributed by atoms with E-state index in [1.54, 1.807) is 16.9 Å². The van der Waals surface area contributed by atoms with Crippen LogP contribution in [0, 0.1) is 0 Å². The van der Waals surface area contributed by atoms with Gasteiger partial charge in [0.05, 0.1) is 6.61 Å². The summed E-state index contributed by atoms with van der Waals surface area (Å²) in [6, 6.07) is 0.620. The highest BCUT2D eigenvalue weighted by atomic mass is 19.4. The summed E-state index contributed by atoms with van der Waals surface area (Å²) in [6.45, 7) is 2.35. The van der Waals surface area contributed by atoms with Crippen LogP contribution in [-0.4, -0.2) is 67.3 Å². The predicted molar refractivity (Wildman–Crippen MR) is 76.1 cm³/mol. The smallest absolute Gasteiger partial charge is 0.383 e. The van der Waals surface area contributed by atoms with Crippen molar-refractivity contribution in [2.24, 2.45) is 0 Å². The summed E-state index contributed by atoms with van der Waals surface area (Å²) in [4.78, 5) is 22.5. The van der Waals surface area contributed by atoms with Crippen LogP contribution in [0.5, 0.6) is 0 Å². The summed E-state index contributed by atoms with van der Waals surface area (Å²) >= 11 is 0. The highest BCUT2D eigenvalue weighted by molar-refractivity contribution is 5.74. The minimum absolute atomic E-state index is 0.0271. The first-order chi connectivity index (χ1) is 10.9. The fourth-order valence-electron chi connectivity index (χ4n) is 2.14. The van der Waals surface area contributed by atoms with Crippen molar-refractivity contribution in [2.45, 2.75) is 6.18 Å². The van der Waals surface area contributed by atoms with Crippen LogP contribution in [0.2, 0.25) is 0 Å². The van der Waals surface area contributed by atoms with Crippen LogP contribution >= 0.6 is 0 Å². The maximum absolute atomic E-state index is 12.7. The van der Waals surface area contributed by atoms with E-state index >= 15 is 0 Å². The number of halogens is 3. The molecule has 1 N–H and O–H groups in total. The predicted octanol–water partition coefficient (Wildman–Crippen LogP) is 0.973. The second kappa shape index (κ2) is 7.44. The maximum atomic E-state index is 12.7. The molecule has 1 aromatic heterocycles. The molecule has 128 valence electrons. The van der Waals surface area contributed by atoms with Crippen molar-refractivity contribution in [2.75, 3.05) is 51.3 Å². The monoisotopic (exact) mass is 333 g/mol. The Morgan fingerprint density at radius 2 is 2.04 bits per heavy atom. The molecule has 1 aromatic rings. The Hall–Kier alpha value is -2.10. The molecule has 0 saturated carbocycles. The van der Waals surface area contributed by atoms with Crippen molar-refractivity contribution < 1.29 is 22.7 Å². The van der Waals surface area contributed by atoms with Crippen molar-refractivity contribution >= 4 is 12.0 Å². The lowest BCUT2D eigenvalue weighted by Crippen LogP contribution is -2.52. The van der Waals surface area contributed by atoms with Crippen molar-refractivity contribution in [1.29, 1.82) is 0 Å². The fourth-order valence-corrected chi connectivity index (χ4v) is 2.14. The Labute approximate surface area is 131 Å². The number of ether oxygens (including phenoxy) is 1. The number of nitrogens with zero attached hydrogens (tertiary/aromatic N) is 4. The Morgan fingerprint density at radius 1 is 1.35 bits per heavy atom. The van der Waals surface area contributed by atoms with Gasteiger partial charge in [-0.15, -0.1) is 0 Å². The molecule has 7 nitrogen and oxygen atoms in total. The van der Waals surface area contributed by atoms with E-state index in [0.717, 1.165) is 12.3 Å². The maximum Gasteiger partial charge on any atom is 0.433 e. The molecule has 1 fully saturated rings. The van der Waals surface area contributed by atoms with E-state index < -0.39 is 11.9 Å². The third-order valence-corrected chi connectivity index (χ3v) is 3.37. The molecular weight excluding hydrogens is 315 g/mol. The van der Waals surface area contributed by atoms with Gasteiger partial charge in [0.25, 0.3) is 0 Å². The van der Waals surface area contributed by atoms with E-state index in [9.17, 15) is 18.0 Å². The van der Waals surface area contributed by atoms with Gasteiger partial charge in [-0.05, 0) is 6.07 Å². The number of carbonyl (C=O) groups is 1. The number of alkyl halides is 3. The molecule has 1 aliphatic rings. The van der Waals surface area contributed by atoms with Gasteiger partial charge >= 0.3 is 12.2 Å². The molecule has 0 unspecified atom stereocenters. The number of hydrogen-bond donors (Lipinski definition) is 1. The van der Waals surface area contributed by atoms with Gasteiger partial charge in [-0.2, -0.15) is 13.2 Å². The van der Waals surface area contributed by atoms with Gasteiger partial charge in [0.2, 0.25) is 5.95 Å². The van der Waals surface area contributed by atoms with Crippen LogP contribution in [0.25, 0.3) is 0 Å². The third kappa shape index (κ3) is 4.68. The zero-order valence-corrected chi connectivity index (χ0v) is 12.6. The minimum atomic E-state index is -4.50. The first kappa shape index (κ1) is 17.3. The summed E-state index contributed by atoms with van der Waals surface area (Å²) < 4.78 is 42.9. The number of nitrogens with one attached hydrogen (secondary N) is 1. The van der Waals surface area contributed by atoms with Gasteiger partial charge in [0, 0.05) is 46.0 Å². The highest BCUT2D eigenvalue weighted by Gasteiger charge is 2.33. The van der Waals surface area contributed by atoms with Crippen LogP contribution < -0.4 is 10.2 Å². The molecule has 0 radical (unpaired) electrons. The molecule has 2 rings (SSSR count). The summed E-state index contributed by atoms with van der Waals surface area (Å²) in [5.41, 5.74) is -0.970. The van der Waals surface area contributed by atoms with E-state index in [0.29, 0.717) is 39.3 Å². The summed E-state index contributed by atoms with van der Waals surface area (Å²) in [6.07, 6.45) is -3.41. The molecule has 0 spiro atoms. The summed E-state index contributed by atoms with van der Waals surface area (Å²) in [5, 5.41) is 2.70. The second-order valence-corrected chi connectivity index (χ2v) is 4.94. The number of hydrogen-bond acceptors (Lipinski definition) is 5. The van der Waals surface area contributed by atoms with Crippen LogP contribution in [-0.2, 0) is 10.9 Å². The number of amides is 2. The van der Waals surface area contributed by atoms with Crippen molar-refractivity contribution in [3.63, 3.8) is 0 Å². The molecule has 0 bridgehead atoms. The Bertz CT molecular complexity index is 533. The molecule has 1 saturated heterocycles. The van der Waals surface area contributed by atoms with E-state index in [-0.39, 0.29) is 12.0 Å².